The summed E-state index contributed by atoms with van der Waals surface area (Å²) in [6.45, 7) is 1.84. The van der Waals surface area contributed by atoms with Gasteiger partial charge in [0.25, 0.3) is 0 Å². The van der Waals surface area contributed by atoms with Gasteiger partial charge in [-0.15, -0.1) is 0 Å². The molecule has 1 heterocycles. The van der Waals surface area contributed by atoms with Crippen LogP contribution in [-0.2, 0) is 6.42 Å². The summed E-state index contributed by atoms with van der Waals surface area (Å²) in [7, 11) is 0. The predicted octanol–water partition coefficient (Wildman–Crippen LogP) is 1.83. The lowest BCUT2D eigenvalue weighted by Crippen LogP contribution is -2.06. The lowest BCUT2D eigenvalue weighted by atomic mass is 10.2. The van der Waals surface area contributed by atoms with Gasteiger partial charge in [-0.3, -0.25) is 0 Å². The molecule has 0 saturated carbocycles. The van der Waals surface area contributed by atoms with E-state index in [9.17, 15) is 9.59 Å². The zero-order chi connectivity index (χ0) is 14.0. The summed E-state index contributed by atoms with van der Waals surface area (Å²) < 4.78 is 1.51. The van der Waals surface area contributed by atoms with Crippen LogP contribution in [0.1, 0.15) is 33.3 Å². The van der Waals surface area contributed by atoms with E-state index in [1.54, 1.807) is 12.1 Å². The smallest absolute Gasteiger partial charge is 0.339 e. The van der Waals surface area contributed by atoms with E-state index in [-0.39, 0.29) is 11.1 Å². The van der Waals surface area contributed by atoms with Crippen molar-refractivity contribution in [2.75, 3.05) is 0 Å². The molecule has 1 aromatic carbocycles. The van der Waals surface area contributed by atoms with E-state index >= 15 is 0 Å². The molecule has 0 unspecified atom stereocenters. The molecule has 1 aromatic heterocycles. The Morgan fingerprint density at radius 2 is 1.79 bits per heavy atom. The number of rotatable bonds is 4. The average molecular weight is 260 g/mol. The molecule has 0 atom stereocenters. The standard InChI is InChI=1S/C13H12N2O4/c1-2-11-10(13(18)19)7-14-15(11)9-5-3-8(4-6-9)12(16)17/h3-7H,2H2,1H3,(H,16,17)(H,18,19). The highest BCUT2D eigenvalue weighted by molar-refractivity contribution is 5.89. The molecule has 0 saturated heterocycles. The molecule has 0 spiro atoms. The number of carboxylic acid groups (broad SMARTS) is 2. The molecule has 2 N–H and O–H groups in total. The maximum Gasteiger partial charge on any atom is 0.339 e. The third-order valence-electron chi connectivity index (χ3n) is 2.79. The van der Waals surface area contributed by atoms with E-state index in [2.05, 4.69) is 5.10 Å². The van der Waals surface area contributed by atoms with Crippen LogP contribution in [0.4, 0.5) is 0 Å². The molecule has 6 heteroatoms. The van der Waals surface area contributed by atoms with Crippen LogP contribution in [0.2, 0.25) is 0 Å². The minimum atomic E-state index is -1.02. The van der Waals surface area contributed by atoms with Crippen LogP contribution in [0.25, 0.3) is 5.69 Å². The Hall–Kier alpha value is -2.63. The molecule has 0 bridgehead atoms. The average Bonchev–Trinajstić information content (AvgIpc) is 2.82. The fourth-order valence-corrected chi connectivity index (χ4v) is 1.86. The molecule has 2 rings (SSSR count). The van der Waals surface area contributed by atoms with Crippen LogP contribution in [0, 0.1) is 0 Å². The molecular weight excluding hydrogens is 248 g/mol. The van der Waals surface area contributed by atoms with Gasteiger partial charge < -0.3 is 10.2 Å². The van der Waals surface area contributed by atoms with Crippen molar-refractivity contribution in [1.82, 2.24) is 9.78 Å². The van der Waals surface area contributed by atoms with Gasteiger partial charge in [-0.25, -0.2) is 14.3 Å². The number of hydrogen-bond acceptors (Lipinski definition) is 3. The predicted molar refractivity (Wildman–Crippen MR) is 66.9 cm³/mol. The Morgan fingerprint density at radius 1 is 1.16 bits per heavy atom. The molecule has 0 aliphatic rings. The van der Waals surface area contributed by atoms with E-state index < -0.39 is 11.9 Å². The van der Waals surface area contributed by atoms with Crippen LogP contribution in [0.3, 0.4) is 0 Å². The number of hydrogen-bond donors (Lipinski definition) is 2. The van der Waals surface area contributed by atoms with Gasteiger partial charge >= 0.3 is 11.9 Å². The summed E-state index contributed by atoms with van der Waals surface area (Å²) >= 11 is 0. The maximum atomic E-state index is 11.0. The van der Waals surface area contributed by atoms with Crippen molar-refractivity contribution < 1.29 is 19.8 Å². The Kier molecular flexibility index (Phi) is 3.33. The first-order valence-corrected chi connectivity index (χ1v) is 5.68. The van der Waals surface area contributed by atoms with E-state index in [1.165, 1.54) is 23.0 Å². The van der Waals surface area contributed by atoms with Crippen LogP contribution in [0.15, 0.2) is 30.5 Å². The molecule has 0 amide bonds. The van der Waals surface area contributed by atoms with Gasteiger partial charge in [-0.05, 0) is 30.7 Å². The van der Waals surface area contributed by atoms with Gasteiger partial charge in [0, 0.05) is 0 Å². The van der Waals surface area contributed by atoms with Crippen LogP contribution < -0.4 is 0 Å². The normalized spacial score (nSPS) is 10.4. The highest BCUT2D eigenvalue weighted by Crippen LogP contribution is 2.16. The number of carboxylic acids is 2. The highest BCUT2D eigenvalue weighted by Gasteiger charge is 2.16. The van der Waals surface area contributed by atoms with E-state index in [0.717, 1.165) is 0 Å². The zero-order valence-corrected chi connectivity index (χ0v) is 10.2. The lowest BCUT2D eigenvalue weighted by molar-refractivity contribution is 0.0685. The number of nitrogens with zero attached hydrogens (tertiary/aromatic N) is 2. The molecule has 0 radical (unpaired) electrons. The van der Waals surface area contributed by atoms with Crippen molar-refractivity contribution in [3.8, 4) is 5.69 Å². The number of aromatic nitrogens is 2. The summed E-state index contributed by atoms with van der Waals surface area (Å²) in [4.78, 5) is 21.8. The van der Waals surface area contributed by atoms with Gasteiger partial charge in [0.1, 0.15) is 5.56 Å². The fourth-order valence-electron chi connectivity index (χ4n) is 1.86. The van der Waals surface area contributed by atoms with Gasteiger partial charge in [0.05, 0.1) is 23.1 Å². The zero-order valence-electron chi connectivity index (χ0n) is 10.2. The summed E-state index contributed by atoms with van der Waals surface area (Å²) in [5.41, 5.74) is 1.54. The Balaban J connectivity index is 2.47. The third kappa shape index (κ3) is 2.33. The lowest BCUT2D eigenvalue weighted by Gasteiger charge is -2.07. The summed E-state index contributed by atoms with van der Waals surface area (Å²) in [6.07, 6.45) is 1.81. The monoisotopic (exact) mass is 260 g/mol. The van der Waals surface area contributed by atoms with Crippen molar-refractivity contribution in [3.63, 3.8) is 0 Å². The SMILES string of the molecule is CCc1c(C(=O)O)cnn1-c1ccc(C(=O)O)cc1. The van der Waals surface area contributed by atoms with Gasteiger partial charge in [0.2, 0.25) is 0 Å². The van der Waals surface area contributed by atoms with Crippen LogP contribution in [-0.4, -0.2) is 31.9 Å². The van der Waals surface area contributed by atoms with E-state index in [0.29, 0.717) is 17.8 Å². The number of benzene rings is 1. The molecule has 19 heavy (non-hydrogen) atoms. The minimum Gasteiger partial charge on any atom is -0.478 e. The van der Waals surface area contributed by atoms with E-state index in [1.807, 2.05) is 6.92 Å². The summed E-state index contributed by atoms with van der Waals surface area (Å²) in [5, 5.41) is 21.9. The molecule has 0 fully saturated rings. The summed E-state index contributed by atoms with van der Waals surface area (Å²) in [5.74, 6) is -2.03. The van der Waals surface area contributed by atoms with Crippen molar-refractivity contribution in [2.45, 2.75) is 13.3 Å². The molecule has 2 aromatic rings. The molecular formula is C13H12N2O4. The van der Waals surface area contributed by atoms with E-state index in [4.69, 9.17) is 10.2 Å². The minimum absolute atomic E-state index is 0.157. The second-order valence-electron chi connectivity index (χ2n) is 3.93. The van der Waals surface area contributed by atoms with Crippen molar-refractivity contribution >= 4 is 11.9 Å². The Morgan fingerprint density at radius 3 is 2.26 bits per heavy atom. The summed E-state index contributed by atoms with van der Waals surface area (Å²) in [6, 6.07) is 6.11. The van der Waals surface area contributed by atoms with Crippen molar-refractivity contribution in [3.05, 3.63) is 47.3 Å². The van der Waals surface area contributed by atoms with Gasteiger partial charge in [-0.1, -0.05) is 6.92 Å². The Bertz CT molecular complexity index is 629. The van der Waals surface area contributed by atoms with Gasteiger partial charge in [0.15, 0.2) is 0 Å². The van der Waals surface area contributed by atoms with Crippen LogP contribution >= 0.6 is 0 Å². The molecule has 98 valence electrons. The number of aromatic carboxylic acids is 2. The van der Waals surface area contributed by atoms with Gasteiger partial charge in [-0.2, -0.15) is 5.10 Å². The largest absolute Gasteiger partial charge is 0.478 e. The first-order chi connectivity index (χ1) is 9.04. The number of carbonyl (C=O) groups is 2. The quantitative estimate of drug-likeness (QED) is 0.874. The first-order valence-electron chi connectivity index (χ1n) is 5.68. The third-order valence-corrected chi connectivity index (χ3v) is 2.79. The Labute approximate surface area is 108 Å². The molecule has 6 nitrogen and oxygen atoms in total. The highest BCUT2D eigenvalue weighted by atomic mass is 16.4. The first kappa shape index (κ1) is 12.8. The molecule has 0 aliphatic heterocycles. The van der Waals surface area contributed by atoms with Crippen molar-refractivity contribution in [1.29, 1.82) is 0 Å². The van der Waals surface area contributed by atoms with Crippen molar-refractivity contribution in [2.24, 2.45) is 0 Å². The fraction of sp³-hybridized carbons (Fsp3) is 0.154. The topological polar surface area (TPSA) is 92.4 Å². The van der Waals surface area contributed by atoms with Crippen LogP contribution in [0.5, 0.6) is 0 Å². The second kappa shape index (κ2) is 4.93. The second-order valence-corrected chi connectivity index (χ2v) is 3.93. The molecule has 0 aliphatic carbocycles. The maximum absolute atomic E-state index is 11.0.